The van der Waals surface area contributed by atoms with Crippen molar-refractivity contribution in [2.75, 3.05) is 23.3 Å². The highest BCUT2D eigenvalue weighted by atomic mass is 19.1. The van der Waals surface area contributed by atoms with Gasteiger partial charge in [-0.05, 0) is 30.4 Å². The van der Waals surface area contributed by atoms with Gasteiger partial charge in [-0.15, -0.1) is 0 Å². The number of rotatable bonds is 6. The first-order valence-electron chi connectivity index (χ1n) is 12.7. The topological polar surface area (TPSA) is 102 Å². The van der Waals surface area contributed by atoms with Crippen molar-refractivity contribution in [3.05, 3.63) is 71.9 Å². The van der Waals surface area contributed by atoms with Crippen molar-refractivity contribution in [1.82, 2.24) is 29.0 Å². The summed E-state index contributed by atoms with van der Waals surface area (Å²) in [6.45, 7) is 6.45. The molecule has 1 saturated heterocycles. The molecule has 1 aliphatic rings. The van der Waals surface area contributed by atoms with Crippen LogP contribution < -0.4 is 16.0 Å². The molecule has 0 atom stereocenters. The van der Waals surface area contributed by atoms with E-state index in [0.29, 0.717) is 24.1 Å². The van der Waals surface area contributed by atoms with Gasteiger partial charge in [0.05, 0.1) is 11.9 Å². The molecule has 0 saturated carbocycles. The monoisotopic (exact) mass is 499 g/mol. The van der Waals surface area contributed by atoms with Gasteiger partial charge in [-0.2, -0.15) is 19.6 Å². The highest BCUT2D eigenvalue weighted by Crippen LogP contribution is 2.27. The van der Waals surface area contributed by atoms with E-state index in [1.807, 2.05) is 35.0 Å². The Morgan fingerprint density at radius 2 is 1.92 bits per heavy atom. The van der Waals surface area contributed by atoms with E-state index in [0.717, 1.165) is 54.0 Å². The lowest BCUT2D eigenvalue weighted by Crippen LogP contribution is -2.40. The number of benzene rings is 1. The Bertz CT molecular complexity index is 1560. The third kappa shape index (κ3) is 4.48. The zero-order valence-corrected chi connectivity index (χ0v) is 21.0. The number of hydrogen-bond acceptors (Lipinski definition) is 7. The van der Waals surface area contributed by atoms with Gasteiger partial charge >= 0.3 is 0 Å². The average Bonchev–Trinajstić information content (AvgIpc) is 3.52. The molecular formula is C27H30FN9. The Balaban J connectivity index is 1.35. The molecule has 1 aliphatic heterocycles. The Morgan fingerprint density at radius 3 is 2.73 bits per heavy atom. The minimum Gasteiger partial charge on any atom is -0.350 e. The number of aromatic nitrogens is 6. The van der Waals surface area contributed by atoms with Gasteiger partial charge in [-0.1, -0.05) is 38.1 Å². The van der Waals surface area contributed by atoms with Crippen LogP contribution in [0.25, 0.3) is 22.6 Å². The standard InChI is InChI=1S/C27H30FN9/c1-17(2)22-15-31-37-25(22)33-27(35-11-8-20(29)9-12-35)34-26(37)30-14-18-5-3-4-6-21(18)23-16-36-10-7-19(28)13-24(36)32-23/h3-7,10,13,15-17,20H,8-9,11-12,14,29H2,1-2H3,(H,30,33,34). The molecule has 6 rings (SSSR count). The molecule has 0 bridgehead atoms. The summed E-state index contributed by atoms with van der Waals surface area (Å²) in [6.07, 6.45) is 7.31. The Morgan fingerprint density at radius 1 is 1.11 bits per heavy atom. The van der Waals surface area contributed by atoms with E-state index in [9.17, 15) is 4.39 Å². The molecule has 5 heterocycles. The van der Waals surface area contributed by atoms with Crippen molar-refractivity contribution in [2.24, 2.45) is 5.73 Å². The third-order valence-corrected chi connectivity index (χ3v) is 6.98. The fraction of sp³-hybridized carbons (Fsp3) is 0.333. The first-order chi connectivity index (χ1) is 18.0. The second-order valence-electron chi connectivity index (χ2n) is 9.91. The van der Waals surface area contributed by atoms with E-state index in [2.05, 4.69) is 40.2 Å². The van der Waals surface area contributed by atoms with Gasteiger partial charge in [-0.3, -0.25) is 0 Å². The molecule has 37 heavy (non-hydrogen) atoms. The van der Waals surface area contributed by atoms with Crippen LogP contribution in [-0.2, 0) is 6.54 Å². The number of halogens is 1. The highest BCUT2D eigenvalue weighted by Gasteiger charge is 2.22. The van der Waals surface area contributed by atoms with Gasteiger partial charge in [0, 0.05) is 55.3 Å². The third-order valence-electron chi connectivity index (χ3n) is 6.98. The lowest BCUT2D eigenvalue weighted by molar-refractivity contribution is 0.495. The quantitative estimate of drug-likeness (QED) is 0.360. The predicted molar refractivity (Wildman–Crippen MR) is 142 cm³/mol. The van der Waals surface area contributed by atoms with Crippen LogP contribution >= 0.6 is 0 Å². The molecule has 0 radical (unpaired) electrons. The van der Waals surface area contributed by atoms with Crippen molar-refractivity contribution in [1.29, 1.82) is 0 Å². The Hall–Kier alpha value is -4.05. The van der Waals surface area contributed by atoms with Crippen LogP contribution in [0.4, 0.5) is 16.3 Å². The van der Waals surface area contributed by atoms with Crippen molar-refractivity contribution >= 4 is 23.2 Å². The minimum atomic E-state index is -0.307. The molecule has 4 aromatic heterocycles. The van der Waals surface area contributed by atoms with E-state index >= 15 is 0 Å². The average molecular weight is 500 g/mol. The zero-order chi connectivity index (χ0) is 25.5. The molecular weight excluding hydrogens is 469 g/mol. The molecule has 9 nitrogen and oxygen atoms in total. The van der Waals surface area contributed by atoms with Gasteiger partial charge < -0.3 is 20.4 Å². The number of nitrogens with two attached hydrogens (primary N) is 1. The van der Waals surface area contributed by atoms with Crippen molar-refractivity contribution in [3.63, 3.8) is 0 Å². The molecule has 1 aromatic carbocycles. The number of nitrogens with zero attached hydrogens (tertiary/aromatic N) is 7. The summed E-state index contributed by atoms with van der Waals surface area (Å²) in [7, 11) is 0. The summed E-state index contributed by atoms with van der Waals surface area (Å²) in [6, 6.07) is 11.1. The number of piperidine rings is 1. The molecule has 0 spiro atoms. The molecule has 190 valence electrons. The maximum absolute atomic E-state index is 13.7. The van der Waals surface area contributed by atoms with Crippen molar-refractivity contribution in [2.45, 2.75) is 45.2 Å². The van der Waals surface area contributed by atoms with Gasteiger partial charge in [-0.25, -0.2) is 9.37 Å². The van der Waals surface area contributed by atoms with Gasteiger partial charge in [0.2, 0.25) is 11.9 Å². The number of fused-ring (bicyclic) bond motifs is 2. The number of anilines is 2. The fourth-order valence-corrected chi connectivity index (χ4v) is 4.83. The molecule has 5 aromatic rings. The zero-order valence-electron chi connectivity index (χ0n) is 21.0. The van der Waals surface area contributed by atoms with Gasteiger partial charge in [0.1, 0.15) is 11.5 Å². The largest absolute Gasteiger partial charge is 0.350 e. The van der Waals surface area contributed by atoms with E-state index in [-0.39, 0.29) is 17.8 Å². The lowest BCUT2D eigenvalue weighted by atomic mass is 10.1. The number of hydrogen-bond donors (Lipinski definition) is 2. The molecule has 0 aliphatic carbocycles. The molecule has 10 heteroatoms. The van der Waals surface area contributed by atoms with E-state index in [1.165, 1.54) is 12.1 Å². The van der Waals surface area contributed by atoms with Crippen LogP contribution in [0.5, 0.6) is 0 Å². The second kappa shape index (κ2) is 9.44. The number of imidazole rings is 1. The first kappa shape index (κ1) is 23.4. The summed E-state index contributed by atoms with van der Waals surface area (Å²) < 4.78 is 17.3. The number of pyridine rings is 1. The first-order valence-corrected chi connectivity index (χ1v) is 12.7. The van der Waals surface area contributed by atoms with Crippen LogP contribution in [0.1, 0.15) is 43.7 Å². The fourth-order valence-electron chi connectivity index (χ4n) is 4.83. The molecule has 0 unspecified atom stereocenters. The van der Waals surface area contributed by atoms with Crippen LogP contribution in [0.3, 0.4) is 0 Å². The normalized spacial score (nSPS) is 14.8. The second-order valence-corrected chi connectivity index (χ2v) is 9.91. The maximum atomic E-state index is 13.7. The van der Waals surface area contributed by atoms with Crippen LogP contribution in [-0.4, -0.2) is 48.1 Å². The predicted octanol–water partition coefficient (Wildman–Crippen LogP) is 4.24. The van der Waals surface area contributed by atoms with E-state index < -0.39 is 0 Å². The van der Waals surface area contributed by atoms with Crippen LogP contribution in [0, 0.1) is 5.82 Å². The van der Waals surface area contributed by atoms with Crippen molar-refractivity contribution in [3.8, 4) is 11.3 Å². The molecule has 3 N–H and O–H groups in total. The minimum absolute atomic E-state index is 0.228. The van der Waals surface area contributed by atoms with E-state index in [4.69, 9.17) is 15.7 Å². The molecule has 0 amide bonds. The lowest BCUT2D eigenvalue weighted by Gasteiger charge is -2.30. The SMILES string of the molecule is CC(C)c1cnn2c(NCc3ccccc3-c3cn4ccc(F)cc4n3)nc(N3CCC(N)CC3)nc12. The number of nitrogens with one attached hydrogen (secondary N) is 1. The van der Waals surface area contributed by atoms with Crippen LogP contribution in [0.15, 0.2) is 55.0 Å². The van der Waals surface area contributed by atoms with Crippen molar-refractivity contribution < 1.29 is 4.39 Å². The summed E-state index contributed by atoms with van der Waals surface area (Å²) >= 11 is 0. The Kier molecular flexibility index (Phi) is 5.96. The smallest absolute Gasteiger partial charge is 0.230 e. The summed E-state index contributed by atoms with van der Waals surface area (Å²) in [5.74, 6) is 1.30. The van der Waals surface area contributed by atoms with Gasteiger partial charge in [0.25, 0.3) is 0 Å². The highest BCUT2D eigenvalue weighted by molar-refractivity contribution is 5.67. The summed E-state index contributed by atoms with van der Waals surface area (Å²) in [5.41, 5.74) is 11.4. The summed E-state index contributed by atoms with van der Waals surface area (Å²) in [5, 5.41) is 8.11. The summed E-state index contributed by atoms with van der Waals surface area (Å²) in [4.78, 5) is 16.6. The van der Waals surface area contributed by atoms with E-state index in [1.54, 1.807) is 10.7 Å². The Labute approximate surface area is 214 Å². The van der Waals surface area contributed by atoms with Gasteiger partial charge in [0.15, 0.2) is 5.65 Å². The molecule has 1 fully saturated rings. The maximum Gasteiger partial charge on any atom is 0.230 e. The van der Waals surface area contributed by atoms with Crippen LogP contribution in [0.2, 0.25) is 0 Å².